The molecule has 1 aliphatic carbocycles. The number of amides is 1. The van der Waals surface area contributed by atoms with Gasteiger partial charge in [-0.15, -0.1) is 0 Å². The Labute approximate surface area is 160 Å². The minimum Gasteiger partial charge on any atom is -0.494 e. The lowest BCUT2D eigenvalue weighted by Crippen LogP contribution is -2.39. The maximum absolute atomic E-state index is 12.4. The molecular weight excluding hydrogens is 364 g/mol. The summed E-state index contributed by atoms with van der Waals surface area (Å²) in [4.78, 5) is 12.4. The van der Waals surface area contributed by atoms with Gasteiger partial charge in [0.15, 0.2) is 0 Å². The van der Waals surface area contributed by atoms with Gasteiger partial charge >= 0.3 is 0 Å². The number of rotatable bonds is 7. The Kier molecular flexibility index (Phi) is 6.13. The quantitative estimate of drug-likeness (QED) is 0.763. The van der Waals surface area contributed by atoms with Crippen LogP contribution in [0, 0.1) is 0 Å². The molecule has 7 heteroatoms. The van der Waals surface area contributed by atoms with Crippen LogP contribution in [0.5, 0.6) is 5.75 Å². The first-order valence-electron chi connectivity index (χ1n) is 9.09. The van der Waals surface area contributed by atoms with Crippen LogP contribution in [0.2, 0.25) is 0 Å². The first kappa shape index (κ1) is 19.4. The molecule has 0 unspecified atom stereocenters. The summed E-state index contributed by atoms with van der Waals surface area (Å²) in [6.45, 7) is 2.07. The number of fused-ring (bicyclic) bond motifs is 1. The van der Waals surface area contributed by atoms with E-state index in [4.69, 9.17) is 4.74 Å². The largest absolute Gasteiger partial charge is 0.494 e. The number of hydrogen-bond donors (Lipinski definition) is 2. The van der Waals surface area contributed by atoms with E-state index in [0.717, 1.165) is 24.8 Å². The topological polar surface area (TPSA) is 84.5 Å². The van der Waals surface area contributed by atoms with Crippen LogP contribution in [0.25, 0.3) is 0 Å². The third kappa shape index (κ3) is 4.87. The third-order valence-electron chi connectivity index (χ3n) is 4.57. The molecule has 0 spiro atoms. The molecule has 0 aliphatic heterocycles. The van der Waals surface area contributed by atoms with E-state index in [0.29, 0.717) is 12.4 Å². The summed E-state index contributed by atoms with van der Waals surface area (Å²) in [5.74, 6) is 0.261. The van der Waals surface area contributed by atoms with Crippen molar-refractivity contribution in [1.29, 1.82) is 0 Å². The first-order chi connectivity index (χ1) is 13.0. The fraction of sp³-hybridized carbons (Fsp3) is 0.350. The van der Waals surface area contributed by atoms with Gasteiger partial charge in [-0.25, -0.2) is 13.1 Å². The van der Waals surface area contributed by atoms with E-state index in [1.54, 1.807) is 12.1 Å². The number of ether oxygens (including phenoxy) is 1. The standard InChI is InChI=1S/C20H24N2O4S/c1-2-26-16-10-12-17(13-11-16)27(24,25)21-14-20(23)22-19-9-5-7-15-6-3-4-8-18(15)19/h3-4,6,8,10-13,19,21H,2,5,7,9,14H2,1H3,(H,22,23)/t19-/m0/s1. The average Bonchev–Trinajstić information content (AvgIpc) is 2.68. The molecule has 0 saturated carbocycles. The van der Waals surface area contributed by atoms with Crippen LogP contribution in [0.1, 0.15) is 36.9 Å². The molecule has 0 fully saturated rings. The second kappa shape index (κ2) is 8.54. The van der Waals surface area contributed by atoms with Crippen molar-refractivity contribution < 1.29 is 17.9 Å². The summed E-state index contributed by atoms with van der Waals surface area (Å²) in [5, 5.41) is 2.94. The molecule has 0 saturated heterocycles. The van der Waals surface area contributed by atoms with Crippen molar-refractivity contribution >= 4 is 15.9 Å². The maximum atomic E-state index is 12.4. The Balaban J connectivity index is 1.59. The Bertz CT molecular complexity index is 894. The van der Waals surface area contributed by atoms with Gasteiger partial charge in [0.1, 0.15) is 5.75 Å². The van der Waals surface area contributed by atoms with E-state index in [-0.39, 0.29) is 23.4 Å². The van der Waals surface area contributed by atoms with Crippen LogP contribution in [-0.4, -0.2) is 27.5 Å². The van der Waals surface area contributed by atoms with Crippen molar-refractivity contribution in [3.8, 4) is 5.75 Å². The summed E-state index contributed by atoms with van der Waals surface area (Å²) in [7, 11) is -3.75. The summed E-state index contributed by atoms with van der Waals surface area (Å²) in [6, 6.07) is 14.1. The second-order valence-electron chi connectivity index (χ2n) is 6.44. The molecule has 1 amide bonds. The van der Waals surface area contributed by atoms with E-state index in [9.17, 15) is 13.2 Å². The van der Waals surface area contributed by atoms with Crippen LogP contribution in [0.3, 0.4) is 0 Å². The van der Waals surface area contributed by atoms with Crippen LogP contribution < -0.4 is 14.8 Å². The molecule has 1 aliphatic rings. The number of hydrogen-bond acceptors (Lipinski definition) is 4. The van der Waals surface area contributed by atoms with Crippen molar-refractivity contribution in [3.05, 3.63) is 59.7 Å². The van der Waals surface area contributed by atoms with Gasteiger partial charge in [0.05, 0.1) is 24.1 Å². The fourth-order valence-corrected chi connectivity index (χ4v) is 4.26. The Hall–Kier alpha value is -2.38. The number of nitrogens with one attached hydrogen (secondary N) is 2. The number of carbonyl (C=O) groups excluding carboxylic acids is 1. The average molecular weight is 388 g/mol. The summed E-state index contributed by atoms with van der Waals surface area (Å²) >= 11 is 0. The highest BCUT2D eigenvalue weighted by molar-refractivity contribution is 7.89. The molecule has 0 radical (unpaired) electrons. The summed E-state index contributed by atoms with van der Waals surface area (Å²) < 4.78 is 32.4. The molecule has 0 aromatic heterocycles. The molecule has 27 heavy (non-hydrogen) atoms. The SMILES string of the molecule is CCOc1ccc(S(=O)(=O)NCC(=O)N[C@H]2CCCc3ccccc32)cc1. The zero-order chi connectivity index (χ0) is 19.3. The van der Waals surface area contributed by atoms with Gasteiger partial charge in [0, 0.05) is 0 Å². The number of sulfonamides is 1. The zero-order valence-electron chi connectivity index (χ0n) is 15.3. The lowest BCUT2D eigenvalue weighted by Gasteiger charge is -2.26. The van der Waals surface area contributed by atoms with Crippen LogP contribution in [0.4, 0.5) is 0 Å². The highest BCUT2D eigenvalue weighted by Crippen LogP contribution is 2.29. The summed E-state index contributed by atoms with van der Waals surface area (Å²) in [5.41, 5.74) is 2.36. The molecule has 2 aromatic carbocycles. The fourth-order valence-electron chi connectivity index (χ4n) is 3.27. The monoisotopic (exact) mass is 388 g/mol. The molecule has 3 rings (SSSR count). The van der Waals surface area contributed by atoms with Gasteiger partial charge in [-0.05, 0) is 61.6 Å². The van der Waals surface area contributed by atoms with Gasteiger partial charge in [-0.2, -0.15) is 0 Å². The van der Waals surface area contributed by atoms with E-state index >= 15 is 0 Å². The number of aryl methyl sites for hydroxylation is 1. The van der Waals surface area contributed by atoms with Crippen LogP contribution >= 0.6 is 0 Å². The van der Waals surface area contributed by atoms with Gasteiger partial charge in [-0.3, -0.25) is 4.79 Å². The normalized spacial score (nSPS) is 16.4. The molecule has 6 nitrogen and oxygen atoms in total. The van der Waals surface area contributed by atoms with Gasteiger partial charge in [-0.1, -0.05) is 24.3 Å². The Morgan fingerprint density at radius 1 is 1.15 bits per heavy atom. The zero-order valence-corrected chi connectivity index (χ0v) is 16.1. The van der Waals surface area contributed by atoms with Crippen molar-refractivity contribution in [2.75, 3.05) is 13.2 Å². The summed E-state index contributed by atoms with van der Waals surface area (Å²) in [6.07, 6.45) is 2.86. The maximum Gasteiger partial charge on any atom is 0.241 e. The highest BCUT2D eigenvalue weighted by Gasteiger charge is 2.22. The predicted octanol–water partition coefficient (Wildman–Crippen LogP) is 2.56. The minimum atomic E-state index is -3.75. The van der Waals surface area contributed by atoms with Crippen molar-refractivity contribution in [3.63, 3.8) is 0 Å². The van der Waals surface area contributed by atoms with Crippen molar-refractivity contribution in [2.45, 2.75) is 37.1 Å². The molecule has 0 heterocycles. The van der Waals surface area contributed by atoms with Gasteiger partial charge in [0.25, 0.3) is 0 Å². The molecular formula is C20H24N2O4S. The Morgan fingerprint density at radius 3 is 2.63 bits per heavy atom. The molecule has 144 valence electrons. The minimum absolute atomic E-state index is 0.0718. The third-order valence-corrected chi connectivity index (χ3v) is 5.99. The van der Waals surface area contributed by atoms with E-state index in [1.165, 1.54) is 17.7 Å². The lowest BCUT2D eigenvalue weighted by molar-refractivity contribution is -0.120. The Morgan fingerprint density at radius 2 is 1.89 bits per heavy atom. The smallest absolute Gasteiger partial charge is 0.241 e. The van der Waals surface area contributed by atoms with Crippen molar-refractivity contribution in [1.82, 2.24) is 10.0 Å². The number of benzene rings is 2. The number of carbonyl (C=O) groups is 1. The van der Waals surface area contributed by atoms with Crippen molar-refractivity contribution in [2.24, 2.45) is 0 Å². The molecule has 1 atom stereocenters. The lowest BCUT2D eigenvalue weighted by atomic mass is 9.88. The van der Waals surface area contributed by atoms with Crippen LogP contribution in [0.15, 0.2) is 53.4 Å². The molecule has 2 aromatic rings. The van der Waals surface area contributed by atoms with E-state index < -0.39 is 10.0 Å². The second-order valence-corrected chi connectivity index (χ2v) is 8.21. The van der Waals surface area contributed by atoms with E-state index in [1.807, 2.05) is 25.1 Å². The molecule has 0 bridgehead atoms. The predicted molar refractivity (Wildman–Crippen MR) is 103 cm³/mol. The first-order valence-corrected chi connectivity index (χ1v) is 10.6. The van der Waals surface area contributed by atoms with Crippen LogP contribution in [-0.2, 0) is 21.2 Å². The van der Waals surface area contributed by atoms with Gasteiger partial charge < -0.3 is 10.1 Å². The highest BCUT2D eigenvalue weighted by atomic mass is 32.2. The molecule has 2 N–H and O–H groups in total. The van der Waals surface area contributed by atoms with E-state index in [2.05, 4.69) is 16.1 Å². The van der Waals surface area contributed by atoms with Gasteiger partial charge in [0.2, 0.25) is 15.9 Å².